The lowest BCUT2D eigenvalue weighted by molar-refractivity contribution is 0.108. The number of hydrogen-bond donors (Lipinski definition) is 2. The Hall–Kier alpha value is -1.86. The van der Waals surface area contributed by atoms with Crippen molar-refractivity contribution in [2.24, 2.45) is 4.99 Å². The number of nitrogens with one attached hydrogen (secondary N) is 1. The first-order chi connectivity index (χ1) is 13.6. The summed E-state index contributed by atoms with van der Waals surface area (Å²) in [6, 6.07) is 5.50. The van der Waals surface area contributed by atoms with Gasteiger partial charge in [-0.1, -0.05) is 13.0 Å². The Bertz CT molecular complexity index is 652. The van der Waals surface area contributed by atoms with Gasteiger partial charge in [0.25, 0.3) is 0 Å². The third-order valence-electron chi connectivity index (χ3n) is 5.68. The van der Waals surface area contributed by atoms with Crippen molar-refractivity contribution in [2.75, 3.05) is 57.3 Å². The van der Waals surface area contributed by atoms with Gasteiger partial charge in [-0.05, 0) is 44.0 Å². The van der Waals surface area contributed by atoms with Crippen LogP contribution in [-0.2, 0) is 6.54 Å². The second-order valence-corrected chi connectivity index (χ2v) is 7.60. The molecule has 0 bridgehead atoms. The molecule has 2 heterocycles. The molecule has 2 aliphatic heterocycles. The summed E-state index contributed by atoms with van der Waals surface area (Å²) in [4.78, 5) is 11.4. The highest BCUT2D eigenvalue weighted by atomic mass is 19.1. The van der Waals surface area contributed by atoms with Crippen molar-refractivity contribution in [1.29, 1.82) is 0 Å². The number of guanidine groups is 1. The minimum atomic E-state index is -0.208. The highest BCUT2D eigenvalue weighted by Crippen LogP contribution is 2.22. The lowest BCUT2D eigenvalue weighted by atomic mass is 10.1. The number of aliphatic imine (C=N–C) groups is 1. The van der Waals surface area contributed by atoms with Crippen molar-refractivity contribution < 1.29 is 9.50 Å². The number of piperidine rings is 1. The van der Waals surface area contributed by atoms with Crippen LogP contribution in [0.15, 0.2) is 23.2 Å². The van der Waals surface area contributed by atoms with E-state index in [4.69, 9.17) is 4.99 Å². The molecule has 2 N–H and O–H groups in total. The lowest BCUT2D eigenvalue weighted by Gasteiger charge is -2.35. The van der Waals surface area contributed by atoms with E-state index in [0.717, 1.165) is 76.7 Å². The summed E-state index contributed by atoms with van der Waals surface area (Å²) < 4.78 is 14.7. The zero-order valence-corrected chi connectivity index (χ0v) is 17.2. The maximum absolute atomic E-state index is 14.7. The first kappa shape index (κ1) is 20.9. The number of likely N-dealkylation sites (tertiary alicyclic amines) is 1. The number of rotatable bonds is 5. The average Bonchev–Trinajstić information content (AvgIpc) is 2.72. The summed E-state index contributed by atoms with van der Waals surface area (Å²) in [5.41, 5.74) is 1.57. The van der Waals surface area contributed by atoms with Gasteiger partial charge in [0.05, 0.1) is 18.3 Å². The average molecular weight is 392 g/mol. The second kappa shape index (κ2) is 10.1. The highest BCUT2D eigenvalue weighted by Gasteiger charge is 2.20. The quantitative estimate of drug-likeness (QED) is 0.593. The van der Waals surface area contributed by atoms with Gasteiger partial charge in [0, 0.05) is 45.8 Å². The molecule has 156 valence electrons. The van der Waals surface area contributed by atoms with Crippen molar-refractivity contribution in [3.05, 3.63) is 29.6 Å². The zero-order valence-electron chi connectivity index (χ0n) is 17.2. The molecule has 28 heavy (non-hydrogen) atoms. The van der Waals surface area contributed by atoms with Crippen molar-refractivity contribution in [3.63, 3.8) is 0 Å². The van der Waals surface area contributed by atoms with Crippen LogP contribution in [0.25, 0.3) is 0 Å². The molecule has 0 unspecified atom stereocenters. The topological polar surface area (TPSA) is 54.3 Å². The molecular formula is C21H34FN5O. The third kappa shape index (κ3) is 5.35. The molecule has 2 saturated heterocycles. The Balaban J connectivity index is 1.63. The van der Waals surface area contributed by atoms with Crippen molar-refractivity contribution in [3.8, 4) is 0 Å². The SMILES string of the molecule is CCNC(=NCc1ccc(N2CCN(CC)CC2)c(F)c1)N1CCC(O)CC1. The fourth-order valence-corrected chi connectivity index (χ4v) is 3.88. The van der Waals surface area contributed by atoms with Crippen LogP contribution in [0, 0.1) is 5.82 Å². The first-order valence-electron chi connectivity index (χ1n) is 10.6. The van der Waals surface area contributed by atoms with Crippen molar-refractivity contribution in [2.45, 2.75) is 39.3 Å². The predicted octanol–water partition coefficient (Wildman–Crippen LogP) is 1.89. The number of piperazine rings is 1. The number of benzene rings is 1. The molecule has 0 atom stereocenters. The van der Waals surface area contributed by atoms with Crippen LogP contribution in [0.3, 0.4) is 0 Å². The Labute approximate surface area is 168 Å². The van der Waals surface area contributed by atoms with Crippen LogP contribution < -0.4 is 10.2 Å². The number of aliphatic hydroxyl groups is 1. The minimum Gasteiger partial charge on any atom is -0.393 e. The van der Waals surface area contributed by atoms with Gasteiger partial charge in [-0.15, -0.1) is 0 Å². The third-order valence-corrected chi connectivity index (χ3v) is 5.68. The minimum absolute atomic E-state index is 0.163. The normalized spacial score (nSPS) is 19.9. The van der Waals surface area contributed by atoms with E-state index in [1.807, 2.05) is 19.1 Å². The van der Waals surface area contributed by atoms with Gasteiger partial charge in [0.1, 0.15) is 5.82 Å². The van der Waals surface area contributed by atoms with E-state index in [1.54, 1.807) is 6.07 Å². The van der Waals surface area contributed by atoms with E-state index >= 15 is 0 Å². The number of aliphatic hydroxyl groups excluding tert-OH is 1. The molecule has 0 amide bonds. The highest BCUT2D eigenvalue weighted by molar-refractivity contribution is 5.80. The fourth-order valence-electron chi connectivity index (χ4n) is 3.88. The molecule has 0 spiro atoms. The van der Waals surface area contributed by atoms with Crippen LogP contribution in [0.2, 0.25) is 0 Å². The Kier molecular flexibility index (Phi) is 7.50. The summed E-state index contributed by atoms with van der Waals surface area (Å²) in [7, 11) is 0. The van der Waals surface area contributed by atoms with Crippen molar-refractivity contribution in [1.82, 2.24) is 15.1 Å². The molecule has 1 aromatic rings. The standard InChI is InChI=1S/C21H34FN5O/c1-3-23-21(27-9-7-18(28)8-10-27)24-16-17-5-6-20(19(22)15-17)26-13-11-25(4-2)12-14-26/h5-6,15,18,28H,3-4,7-14,16H2,1-2H3,(H,23,24). The van der Waals surface area contributed by atoms with E-state index in [-0.39, 0.29) is 11.9 Å². The van der Waals surface area contributed by atoms with E-state index in [2.05, 4.69) is 26.9 Å². The summed E-state index contributed by atoms with van der Waals surface area (Å²) in [6.45, 7) is 11.8. The van der Waals surface area contributed by atoms with E-state index in [1.165, 1.54) is 0 Å². The van der Waals surface area contributed by atoms with Gasteiger partial charge in [-0.25, -0.2) is 9.38 Å². The largest absolute Gasteiger partial charge is 0.393 e. The number of anilines is 1. The van der Waals surface area contributed by atoms with Crippen LogP contribution in [0.4, 0.5) is 10.1 Å². The molecule has 0 aliphatic carbocycles. The molecule has 7 heteroatoms. The molecule has 2 aliphatic rings. The van der Waals surface area contributed by atoms with Crippen LogP contribution in [-0.4, -0.2) is 79.3 Å². The Morgan fingerprint density at radius 3 is 2.46 bits per heavy atom. The molecule has 1 aromatic carbocycles. The molecule has 6 nitrogen and oxygen atoms in total. The summed E-state index contributed by atoms with van der Waals surface area (Å²) in [5.74, 6) is 0.679. The summed E-state index contributed by atoms with van der Waals surface area (Å²) in [5, 5.41) is 13.0. The van der Waals surface area contributed by atoms with Crippen LogP contribution in [0.5, 0.6) is 0 Å². The summed E-state index contributed by atoms with van der Waals surface area (Å²) >= 11 is 0. The maximum Gasteiger partial charge on any atom is 0.194 e. The molecule has 3 rings (SSSR count). The van der Waals surface area contributed by atoms with Gasteiger partial charge in [0.15, 0.2) is 5.96 Å². The van der Waals surface area contributed by atoms with E-state index in [0.29, 0.717) is 12.2 Å². The molecule has 0 saturated carbocycles. The number of halogens is 1. The van der Waals surface area contributed by atoms with Crippen LogP contribution in [0.1, 0.15) is 32.3 Å². The molecule has 0 radical (unpaired) electrons. The number of hydrogen-bond acceptors (Lipinski definition) is 4. The smallest absolute Gasteiger partial charge is 0.194 e. The zero-order chi connectivity index (χ0) is 19.9. The molecule has 2 fully saturated rings. The Morgan fingerprint density at radius 1 is 1.14 bits per heavy atom. The number of nitrogens with zero attached hydrogens (tertiary/aromatic N) is 4. The van der Waals surface area contributed by atoms with Crippen molar-refractivity contribution >= 4 is 11.6 Å². The van der Waals surface area contributed by atoms with E-state index < -0.39 is 0 Å². The Morgan fingerprint density at radius 2 is 1.86 bits per heavy atom. The maximum atomic E-state index is 14.7. The molecular weight excluding hydrogens is 357 g/mol. The van der Waals surface area contributed by atoms with Gasteiger partial charge in [-0.3, -0.25) is 0 Å². The van der Waals surface area contributed by atoms with Gasteiger partial charge in [-0.2, -0.15) is 0 Å². The van der Waals surface area contributed by atoms with Crippen LogP contribution >= 0.6 is 0 Å². The fraction of sp³-hybridized carbons (Fsp3) is 0.667. The predicted molar refractivity (Wildman–Crippen MR) is 112 cm³/mol. The van der Waals surface area contributed by atoms with Gasteiger partial charge < -0.3 is 25.1 Å². The second-order valence-electron chi connectivity index (χ2n) is 7.60. The molecule has 0 aromatic heterocycles. The summed E-state index contributed by atoms with van der Waals surface area (Å²) in [6.07, 6.45) is 1.32. The monoisotopic (exact) mass is 391 g/mol. The lowest BCUT2D eigenvalue weighted by Crippen LogP contribution is -2.46. The number of likely N-dealkylation sites (N-methyl/N-ethyl adjacent to an activating group) is 1. The van der Waals surface area contributed by atoms with Gasteiger partial charge in [0.2, 0.25) is 0 Å². The van der Waals surface area contributed by atoms with Gasteiger partial charge >= 0.3 is 0 Å². The van der Waals surface area contributed by atoms with E-state index in [9.17, 15) is 9.50 Å². The first-order valence-corrected chi connectivity index (χ1v) is 10.6.